The van der Waals surface area contributed by atoms with Gasteiger partial charge in [-0.15, -0.1) is 10.2 Å². The number of anilines is 1. The molecule has 1 N–H and O–H groups in total. The number of benzene rings is 2. The number of rotatable bonds is 3. The molecule has 0 saturated heterocycles. The molecule has 0 spiro atoms. The zero-order valence-corrected chi connectivity index (χ0v) is 12.3. The molecule has 6 heteroatoms. The average molecular weight is 298 g/mol. The summed E-state index contributed by atoms with van der Waals surface area (Å²) >= 11 is 0. The quantitative estimate of drug-likeness (QED) is 0.807. The van der Waals surface area contributed by atoms with Gasteiger partial charge in [0.05, 0.1) is 5.69 Å². The van der Waals surface area contributed by atoms with Crippen molar-refractivity contribution in [1.82, 2.24) is 15.0 Å². The van der Waals surface area contributed by atoms with E-state index in [0.29, 0.717) is 17.6 Å². The van der Waals surface area contributed by atoms with E-state index in [1.165, 1.54) is 16.9 Å². The minimum Gasteiger partial charge on any atom is -0.326 e. The Morgan fingerprint density at radius 1 is 1.18 bits per heavy atom. The normalized spacial score (nSPS) is 10.9. The van der Waals surface area contributed by atoms with Crippen LogP contribution in [0.2, 0.25) is 0 Å². The molecule has 0 aliphatic rings. The lowest BCUT2D eigenvalue weighted by Crippen LogP contribution is -2.10. The van der Waals surface area contributed by atoms with Crippen LogP contribution in [0.1, 0.15) is 18.9 Å². The molecule has 0 unspecified atom stereocenters. The number of aromatic nitrogens is 3. The molecule has 0 atom stereocenters. The molecule has 0 aliphatic heterocycles. The number of amides is 1. The molecule has 0 bridgehead atoms. The third-order valence-corrected chi connectivity index (χ3v) is 3.38. The highest BCUT2D eigenvalue weighted by Crippen LogP contribution is 2.22. The number of nitrogens with zero attached hydrogens (tertiary/aromatic N) is 3. The van der Waals surface area contributed by atoms with E-state index in [2.05, 4.69) is 15.5 Å². The number of carbonyl (C=O) groups is 1. The number of hydrogen-bond acceptors (Lipinski definition) is 3. The van der Waals surface area contributed by atoms with Crippen molar-refractivity contribution >= 4 is 22.6 Å². The minimum atomic E-state index is -0.305. The molecule has 3 aromatic rings. The fourth-order valence-corrected chi connectivity index (χ4v) is 2.13. The van der Waals surface area contributed by atoms with Gasteiger partial charge in [0, 0.05) is 12.1 Å². The van der Waals surface area contributed by atoms with Gasteiger partial charge in [-0.25, -0.2) is 4.39 Å². The summed E-state index contributed by atoms with van der Waals surface area (Å²) in [5, 5.41) is 11.6. The van der Waals surface area contributed by atoms with Crippen molar-refractivity contribution in [3.05, 3.63) is 47.8 Å². The van der Waals surface area contributed by atoms with Crippen LogP contribution in [0.3, 0.4) is 0 Å². The molecule has 22 heavy (non-hydrogen) atoms. The van der Waals surface area contributed by atoms with Crippen molar-refractivity contribution in [1.29, 1.82) is 0 Å². The number of nitrogens with one attached hydrogen (secondary N) is 1. The summed E-state index contributed by atoms with van der Waals surface area (Å²) in [5.41, 5.74) is 3.71. The Bertz CT molecular complexity index is 839. The van der Waals surface area contributed by atoms with Crippen molar-refractivity contribution in [2.45, 2.75) is 20.3 Å². The molecule has 112 valence electrons. The van der Waals surface area contributed by atoms with Crippen LogP contribution in [0.4, 0.5) is 10.1 Å². The molecule has 2 aromatic carbocycles. The van der Waals surface area contributed by atoms with Gasteiger partial charge in [0.2, 0.25) is 5.91 Å². The van der Waals surface area contributed by atoms with Gasteiger partial charge < -0.3 is 5.32 Å². The first-order valence-corrected chi connectivity index (χ1v) is 7.00. The van der Waals surface area contributed by atoms with E-state index in [4.69, 9.17) is 0 Å². The molecule has 5 nitrogen and oxygen atoms in total. The summed E-state index contributed by atoms with van der Waals surface area (Å²) in [4.78, 5) is 13.0. The molecular weight excluding hydrogens is 283 g/mol. The first-order chi connectivity index (χ1) is 10.6. The second-order valence-corrected chi connectivity index (χ2v) is 5.02. The maximum Gasteiger partial charge on any atom is 0.224 e. The first-order valence-electron chi connectivity index (χ1n) is 7.00. The molecule has 1 amide bonds. The number of hydrogen-bond donors (Lipinski definition) is 1. The van der Waals surface area contributed by atoms with Crippen LogP contribution in [0.25, 0.3) is 16.7 Å². The summed E-state index contributed by atoms with van der Waals surface area (Å²) in [6.45, 7) is 3.70. The standard InChI is InChI=1S/C16H15FN4O/c1-3-16(22)18-13-9-15-14(8-10(13)2)19-21(20-15)12-6-4-11(17)5-7-12/h4-9H,3H2,1-2H3,(H,18,22). The topological polar surface area (TPSA) is 59.8 Å². The molecule has 0 saturated carbocycles. The average Bonchev–Trinajstić information content (AvgIpc) is 2.90. The van der Waals surface area contributed by atoms with Crippen LogP contribution in [0.5, 0.6) is 0 Å². The van der Waals surface area contributed by atoms with E-state index in [9.17, 15) is 9.18 Å². The smallest absolute Gasteiger partial charge is 0.224 e. The zero-order valence-electron chi connectivity index (χ0n) is 12.3. The number of aryl methyl sites for hydroxylation is 1. The summed E-state index contributed by atoms with van der Waals surface area (Å²) in [7, 11) is 0. The molecule has 0 fully saturated rings. The lowest BCUT2D eigenvalue weighted by molar-refractivity contribution is -0.115. The third kappa shape index (κ3) is 2.67. The summed E-state index contributed by atoms with van der Waals surface area (Å²) in [6.07, 6.45) is 0.416. The van der Waals surface area contributed by atoms with Crippen LogP contribution < -0.4 is 5.32 Å². The first kappa shape index (κ1) is 14.2. The third-order valence-electron chi connectivity index (χ3n) is 3.38. The van der Waals surface area contributed by atoms with Gasteiger partial charge in [-0.1, -0.05) is 6.92 Å². The fourth-order valence-electron chi connectivity index (χ4n) is 2.13. The van der Waals surface area contributed by atoms with Crippen LogP contribution in [-0.2, 0) is 4.79 Å². The van der Waals surface area contributed by atoms with Gasteiger partial charge >= 0.3 is 0 Å². The number of halogens is 1. The van der Waals surface area contributed by atoms with Gasteiger partial charge in [0.25, 0.3) is 0 Å². The Labute approximate surface area is 126 Å². The lowest BCUT2D eigenvalue weighted by Gasteiger charge is -2.06. The molecule has 1 aromatic heterocycles. The van der Waals surface area contributed by atoms with Crippen LogP contribution in [-0.4, -0.2) is 20.9 Å². The summed E-state index contributed by atoms with van der Waals surface area (Å²) < 4.78 is 13.0. The van der Waals surface area contributed by atoms with Crippen molar-refractivity contribution in [2.24, 2.45) is 0 Å². The highest BCUT2D eigenvalue weighted by atomic mass is 19.1. The lowest BCUT2D eigenvalue weighted by atomic mass is 10.1. The van der Waals surface area contributed by atoms with E-state index in [1.807, 2.05) is 13.0 Å². The molecule has 3 rings (SSSR count). The Balaban J connectivity index is 2.02. The minimum absolute atomic E-state index is 0.0478. The predicted octanol–water partition coefficient (Wildman–Crippen LogP) is 3.22. The number of carbonyl (C=O) groups excluding carboxylic acids is 1. The van der Waals surface area contributed by atoms with E-state index in [1.54, 1.807) is 25.1 Å². The predicted molar refractivity (Wildman–Crippen MR) is 82.5 cm³/mol. The van der Waals surface area contributed by atoms with Crippen LogP contribution >= 0.6 is 0 Å². The number of fused-ring (bicyclic) bond motifs is 1. The van der Waals surface area contributed by atoms with Gasteiger partial charge in [0.1, 0.15) is 16.9 Å². The van der Waals surface area contributed by atoms with Crippen molar-refractivity contribution in [3.63, 3.8) is 0 Å². The van der Waals surface area contributed by atoms with Gasteiger partial charge in [-0.3, -0.25) is 4.79 Å². The van der Waals surface area contributed by atoms with Gasteiger partial charge in [-0.2, -0.15) is 4.80 Å². The Morgan fingerprint density at radius 2 is 1.82 bits per heavy atom. The molecule has 0 aliphatic carbocycles. The monoisotopic (exact) mass is 298 g/mol. The van der Waals surface area contributed by atoms with Crippen LogP contribution in [0, 0.1) is 12.7 Å². The zero-order chi connectivity index (χ0) is 15.7. The van der Waals surface area contributed by atoms with Gasteiger partial charge in [0.15, 0.2) is 0 Å². The van der Waals surface area contributed by atoms with Gasteiger partial charge in [-0.05, 0) is 48.9 Å². The van der Waals surface area contributed by atoms with E-state index in [-0.39, 0.29) is 11.7 Å². The second-order valence-electron chi connectivity index (χ2n) is 5.02. The fraction of sp³-hybridized carbons (Fsp3) is 0.188. The Kier molecular flexibility index (Phi) is 3.58. The van der Waals surface area contributed by atoms with E-state index < -0.39 is 0 Å². The maximum atomic E-state index is 13.0. The van der Waals surface area contributed by atoms with E-state index in [0.717, 1.165) is 16.8 Å². The highest BCUT2D eigenvalue weighted by Gasteiger charge is 2.10. The van der Waals surface area contributed by atoms with Crippen LogP contribution in [0.15, 0.2) is 36.4 Å². The van der Waals surface area contributed by atoms with E-state index >= 15 is 0 Å². The highest BCUT2D eigenvalue weighted by molar-refractivity contribution is 5.93. The molecular formula is C16H15FN4O. The largest absolute Gasteiger partial charge is 0.326 e. The Hall–Kier alpha value is -2.76. The van der Waals surface area contributed by atoms with Crippen molar-refractivity contribution in [3.8, 4) is 5.69 Å². The Morgan fingerprint density at radius 3 is 2.45 bits per heavy atom. The SMILES string of the molecule is CCC(=O)Nc1cc2nn(-c3ccc(F)cc3)nc2cc1C. The maximum absolute atomic E-state index is 13.0. The van der Waals surface area contributed by atoms with Crippen molar-refractivity contribution in [2.75, 3.05) is 5.32 Å². The van der Waals surface area contributed by atoms with Crippen molar-refractivity contribution < 1.29 is 9.18 Å². The molecule has 1 heterocycles. The summed E-state index contributed by atoms with van der Waals surface area (Å²) in [5.74, 6) is -0.353. The summed E-state index contributed by atoms with van der Waals surface area (Å²) in [6, 6.07) is 9.61. The molecule has 0 radical (unpaired) electrons. The second kappa shape index (κ2) is 5.55.